The number of Topliss-reactive ketones (excluding diaryl/α,β-unsaturated/α-hetero) is 2. The third-order valence-electron chi connectivity index (χ3n) is 6.01. The summed E-state index contributed by atoms with van der Waals surface area (Å²) in [5.74, 6) is -0.578. The Morgan fingerprint density at radius 2 is 1.76 bits per heavy atom. The molecule has 11 heteroatoms. The first-order valence-corrected chi connectivity index (χ1v) is 12.8. The largest absolute Gasteiger partial charge is 0.376 e. The van der Waals surface area contributed by atoms with Crippen LogP contribution in [0.15, 0.2) is 76.8 Å². The number of carbonyl (C=O) groups is 3. The monoisotopic (exact) mass is 513 g/mol. The number of nitrogens with zero attached hydrogens (tertiary/aromatic N) is 6. The van der Waals surface area contributed by atoms with Gasteiger partial charge in [0, 0.05) is 29.4 Å². The summed E-state index contributed by atoms with van der Waals surface area (Å²) in [6.07, 6.45) is 6.95. The van der Waals surface area contributed by atoms with Gasteiger partial charge in [0.05, 0.1) is 30.7 Å². The number of carbonyl (C=O) groups excluding carboxylic acids is 3. The van der Waals surface area contributed by atoms with Crippen molar-refractivity contribution in [2.45, 2.75) is 20.0 Å². The molecule has 37 heavy (non-hydrogen) atoms. The normalized spacial score (nSPS) is 16.5. The minimum absolute atomic E-state index is 0.167. The molecule has 0 radical (unpaired) electrons. The van der Waals surface area contributed by atoms with Crippen molar-refractivity contribution in [3.05, 3.63) is 94.3 Å². The van der Waals surface area contributed by atoms with Gasteiger partial charge < -0.3 is 5.32 Å². The van der Waals surface area contributed by atoms with Crippen LogP contribution in [0, 0.1) is 0 Å². The number of benzene rings is 1. The number of pyridine rings is 1. The van der Waals surface area contributed by atoms with Crippen LogP contribution in [0.3, 0.4) is 0 Å². The molecule has 0 unspecified atom stereocenters. The Bertz CT molecular complexity index is 1490. The van der Waals surface area contributed by atoms with E-state index >= 15 is 0 Å². The Labute approximate surface area is 217 Å². The van der Waals surface area contributed by atoms with E-state index in [2.05, 4.69) is 25.6 Å². The molecule has 0 saturated carbocycles. The summed E-state index contributed by atoms with van der Waals surface area (Å²) in [6, 6.07) is 12.3. The molecular formula is C26H23N7O3S. The summed E-state index contributed by atoms with van der Waals surface area (Å²) >= 11 is 1.39. The Morgan fingerprint density at radius 1 is 1.00 bits per heavy atom. The van der Waals surface area contributed by atoms with Crippen LogP contribution >= 0.6 is 11.8 Å². The zero-order valence-electron chi connectivity index (χ0n) is 20.2. The molecule has 0 spiro atoms. The quantitative estimate of drug-likeness (QED) is 0.479. The van der Waals surface area contributed by atoms with Crippen LogP contribution in [-0.2, 0) is 17.9 Å². The highest BCUT2D eigenvalue weighted by Gasteiger charge is 2.31. The molecule has 1 aromatic carbocycles. The lowest BCUT2D eigenvalue weighted by molar-refractivity contribution is -0.122. The second-order valence-corrected chi connectivity index (χ2v) is 9.14. The molecule has 1 amide bonds. The Hall–Kier alpha value is -4.38. The fourth-order valence-corrected chi connectivity index (χ4v) is 4.69. The number of amidine groups is 1. The van der Waals surface area contributed by atoms with E-state index in [4.69, 9.17) is 0 Å². The lowest BCUT2D eigenvalue weighted by atomic mass is 9.88. The molecule has 0 bridgehead atoms. The van der Waals surface area contributed by atoms with Crippen molar-refractivity contribution in [1.29, 1.82) is 0 Å². The number of ketones is 2. The molecular weight excluding hydrogens is 490 g/mol. The second-order valence-electron chi connectivity index (χ2n) is 8.37. The van der Waals surface area contributed by atoms with E-state index in [0.717, 1.165) is 0 Å². The first kappa shape index (κ1) is 24.3. The first-order chi connectivity index (χ1) is 18.0. The average Bonchev–Trinajstić information content (AvgIpc) is 3.50. The van der Waals surface area contributed by atoms with Gasteiger partial charge in [-0.15, -0.1) is 5.10 Å². The topological polar surface area (TPSA) is 122 Å². The molecule has 186 valence electrons. The maximum atomic E-state index is 12.9. The fourth-order valence-electron chi connectivity index (χ4n) is 4.11. The zero-order chi connectivity index (χ0) is 25.9. The highest BCUT2D eigenvalue weighted by atomic mass is 32.2. The number of allylic oxidation sites excluding steroid dienone is 2. The van der Waals surface area contributed by atoms with E-state index in [1.165, 1.54) is 11.8 Å². The molecule has 5 rings (SSSR count). The Kier molecular flexibility index (Phi) is 6.78. The van der Waals surface area contributed by atoms with Gasteiger partial charge in [0.15, 0.2) is 11.0 Å². The molecule has 3 heterocycles. The number of fused-ring (bicyclic) bond motifs is 1. The molecule has 10 nitrogen and oxygen atoms in total. The van der Waals surface area contributed by atoms with Crippen molar-refractivity contribution in [3.8, 4) is 0 Å². The lowest BCUT2D eigenvalue weighted by Gasteiger charge is -2.19. The SMILES string of the molecule is CSC1=N/C(=C\c2ccccn2)C(=O)N1CCn1cc(CNC2=C(C)C(=O)c3ccccc3C2=O)nn1. The molecule has 2 aromatic heterocycles. The number of hydrogen-bond donors (Lipinski definition) is 1. The lowest BCUT2D eigenvalue weighted by Crippen LogP contribution is -2.33. The van der Waals surface area contributed by atoms with E-state index < -0.39 is 0 Å². The summed E-state index contributed by atoms with van der Waals surface area (Å²) in [5.41, 5.74) is 3.06. The van der Waals surface area contributed by atoms with E-state index in [0.29, 0.717) is 52.0 Å². The van der Waals surface area contributed by atoms with Gasteiger partial charge in [0.1, 0.15) is 11.4 Å². The summed E-state index contributed by atoms with van der Waals surface area (Å²) in [5, 5.41) is 12.0. The molecule has 0 saturated heterocycles. The highest BCUT2D eigenvalue weighted by molar-refractivity contribution is 8.13. The minimum Gasteiger partial charge on any atom is -0.376 e. The van der Waals surface area contributed by atoms with E-state index in [1.54, 1.807) is 59.2 Å². The Morgan fingerprint density at radius 3 is 2.49 bits per heavy atom. The van der Waals surface area contributed by atoms with Crippen LogP contribution in [0.25, 0.3) is 6.08 Å². The van der Waals surface area contributed by atoms with Crippen LogP contribution < -0.4 is 5.32 Å². The van der Waals surface area contributed by atoms with Crippen molar-refractivity contribution < 1.29 is 14.4 Å². The minimum atomic E-state index is -0.217. The smallest absolute Gasteiger partial charge is 0.278 e. The molecule has 1 aliphatic carbocycles. The van der Waals surface area contributed by atoms with Crippen molar-refractivity contribution in [2.75, 3.05) is 12.8 Å². The summed E-state index contributed by atoms with van der Waals surface area (Å²) in [7, 11) is 0. The van der Waals surface area contributed by atoms with Gasteiger partial charge in [-0.2, -0.15) is 0 Å². The third-order valence-corrected chi connectivity index (χ3v) is 6.69. The van der Waals surface area contributed by atoms with Crippen LogP contribution in [0.2, 0.25) is 0 Å². The summed E-state index contributed by atoms with van der Waals surface area (Å²) in [6.45, 7) is 2.64. The van der Waals surface area contributed by atoms with Crippen molar-refractivity contribution in [1.82, 2.24) is 30.2 Å². The van der Waals surface area contributed by atoms with E-state index in [9.17, 15) is 14.4 Å². The zero-order valence-corrected chi connectivity index (χ0v) is 21.0. The fraction of sp³-hybridized carbons (Fsp3) is 0.192. The van der Waals surface area contributed by atoms with Crippen LogP contribution in [0.4, 0.5) is 0 Å². The number of nitrogens with one attached hydrogen (secondary N) is 1. The maximum Gasteiger partial charge on any atom is 0.278 e. The number of aliphatic imine (C=N–C) groups is 1. The second kappa shape index (κ2) is 10.3. The van der Waals surface area contributed by atoms with Crippen LogP contribution in [0.1, 0.15) is 39.0 Å². The van der Waals surface area contributed by atoms with Crippen molar-refractivity contribution >= 4 is 40.5 Å². The molecule has 0 fully saturated rings. The van der Waals surface area contributed by atoms with Gasteiger partial charge in [-0.25, -0.2) is 4.99 Å². The van der Waals surface area contributed by atoms with E-state index in [-0.39, 0.29) is 29.7 Å². The molecule has 2 aliphatic rings. The van der Waals surface area contributed by atoms with Gasteiger partial charge in [-0.05, 0) is 31.4 Å². The van der Waals surface area contributed by atoms with Crippen molar-refractivity contribution in [3.63, 3.8) is 0 Å². The predicted octanol–water partition coefficient (Wildman–Crippen LogP) is 2.72. The predicted molar refractivity (Wildman–Crippen MR) is 140 cm³/mol. The number of aromatic nitrogens is 4. The number of amides is 1. The highest BCUT2D eigenvalue weighted by Crippen LogP contribution is 2.25. The van der Waals surface area contributed by atoms with Gasteiger partial charge in [0.25, 0.3) is 5.91 Å². The standard InChI is InChI=1S/C26H23N7O3S/c1-16-22(24(35)20-9-4-3-8-19(20)23(16)34)28-14-18-15-32(31-30-18)11-12-33-25(36)21(29-26(33)37-2)13-17-7-5-6-10-27-17/h3-10,13,15,28H,11-12,14H2,1-2H3/b21-13-. The summed E-state index contributed by atoms with van der Waals surface area (Å²) in [4.78, 5) is 48.8. The first-order valence-electron chi connectivity index (χ1n) is 11.6. The van der Waals surface area contributed by atoms with E-state index in [1.807, 2.05) is 24.5 Å². The average molecular weight is 514 g/mol. The van der Waals surface area contributed by atoms with Gasteiger partial charge >= 0.3 is 0 Å². The van der Waals surface area contributed by atoms with Gasteiger partial charge in [0.2, 0.25) is 5.78 Å². The molecule has 1 aliphatic heterocycles. The van der Waals surface area contributed by atoms with Crippen molar-refractivity contribution in [2.24, 2.45) is 4.99 Å². The Balaban J connectivity index is 1.22. The van der Waals surface area contributed by atoms with Gasteiger partial charge in [-0.3, -0.25) is 28.9 Å². The van der Waals surface area contributed by atoms with Crippen LogP contribution in [0.5, 0.6) is 0 Å². The maximum absolute atomic E-state index is 12.9. The number of thioether (sulfide) groups is 1. The number of hydrogen-bond acceptors (Lipinski definition) is 9. The number of rotatable bonds is 7. The van der Waals surface area contributed by atoms with Gasteiger partial charge in [-0.1, -0.05) is 47.3 Å². The molecule has 1 N–H and O–H groups in total. The van der Waals surface area contributed by atoms with Crippen LogP contribution in [-0.4, -0.2) is 60.3 Å². The molecule has 0 atom stereocenters. The summed E-state index contributed by atoms with van der Waals surface area (Å²) < 4.78 is 1.63. The molecule has 3 aromatic rings. The third kappa shape index (κ3) is 4.85.